The number of aliphatic hydroxyl groups is 1. The summed E-state index contributed by atoms with van der Waals surface area (Å²) in [5, 5.41) is 12.2. The van der Waals surface area contributed by atoms with Gasteiger partial charge in [0, 0.05) is 56.8 Å². The molecular formula is C30H37F2N3O4. The highest BCUT2D eigenvalue weighted by atomic mass is 19.3. The van der Waals surface area contributed by atoms with Crippen LogP contribution < -0.4 is 5.56 Å². The third-order valence-electron chi connectivity index (χ3n) is 9.26. The zero-order chi connectivity index (χ0) is 28.0. The van der Waals surface area contributed by atoms with E-state index in [0.29, 0.717) is 43.4 Å². The summed E-state index contributed by atoms with van der Waals surface area (Å²) in [7, 11) is 3.31. The number of benzene rings is 1. The van der Waals surface area contributed by atoms with Crippen molar-refractivity contribution in [2.24, 2.45) is 10.8 Å². The molecule has 7 nitrogen and oxygen atoms in total. The molecule has 3 aliphatic rings. The van der Waals surface area contributed by atoms with Crippen LogP contribution in [-0.4, -0.2) is 70.5 Å². The number of halogens is 2. The van der Waals surface area contributed by atoms with Gasteiger partial charge in [0.05, 0.1) is 23.1 Å². The van der Waals surface area contributed by atoms with Crippen LogP contribution in [0.2, 0.25) is 0 Å². The van der Waals surface area contributed by atoms with E-state index in [1.807, 2.05) is 30.3 Å². The van der Waals surface area contributed by atoms with Crippen LogP contribution in [0.25, 0.3) is 11.1 Å². The normalized spacial score (nSPS) is 23.3. The Morgan fingerprint density at radius 3 is 2.31 bits per heavy atom. The highest BCUT2D eigenvalue weighted by Gasteiger charge is 2.59. The van der Waals surface area contributed by atoms with E-state index >= 15 is 0 Å². The molecule has 1 aromatic heterocycles. The van der Waals surface area contributed by atoms with Crippen LogP contribution in [0.1, 0.15) is 61.7 Å². The predicted molar refractivity (Wildman–Crippen MR) is 143 cm³/mol. The second-order valence-corrected chi connectivity index (χ2v) is 12.0. The van der Waals surface area contributed by atoms with Crippen molar-refractivity contribution >= 4 is 11.8 Å². The Hall–Kier alpha value is -3.07. The molecule has 2 heterocycles. The summed E-state index contributed by atoms with van der Waals surface area (Å²) in [6.07, 6.45) is 2.98. The molecule has 2 aromatic rings. The summed E-state index contributed by atoms with van der Waals surface area (Å²) in [4.78, 5) is 43.1. The van der Waals surface area contributed by atoms with E-state index in [-0.39, 0.29) is 36.9 Å². The lowest BCUT2D eigenvalue weighted by molar-refractivity contribution is -0.165. The largest absolute Gasteiger partial charge is 0.387 e. The third-order valence-corrected chi connectivity index (χ3v) is 9.26. The smallest absolute Gasteiger partial charge is 0.255 e. The van der Waals surface area contributed by atoms with E-state index in [0.717, 1.165) is 18.4 Å². The van der Waals surface area contributed by atoms with Crippen LogP contribution in [0.4, 0.5) is 8.78 Å². The van der Waals surface area contributed by atoms with Crippen molar-refractivity contribution < 1.29 is 23.5 Å². The van der Waals surface area contributed by atoms with Gasteiger partial charge in [-0.2, -0.15) is 0 Å². The summed E-state index contributed by atoms with van der Waals surface area (Å²) in [6.45, 7) is 0.550. The first-order valence-electron chi connectivity index (χ1n) is 13.8. The van der Waals surface area contributed by atoms with E-state index in [1.165, 1.54) is 15.5 Å². The van der Waals surface area contributed by atoms with E-state index in [1.54, 1.807) is 25.2 Å². The molecular weight excluding hydrogens is 504 g/mol. The number of hydrogen-bond acceptors (Lipinski definition) is 4. The Balaban J connectivity index is 1.47. The Kier molecular flexibility index (Phi) is 7.16. The van der Waals surface area contributed by atoms with Crippen molar-refractivity contribution in [3.8, 4) is 11.1 Å². The second-order valence-electron chi connectivity index (χ2n) is 12.0. The van der Waals surface area contributed by atoms with Crippen molar-refractivity contribution in [2.45, 2.75) is 69.9 Å². The Labute approximate surface area is 227 Å². The fourth-order valence-corrected chi connectivity index (χ4v) is 6.81. The van der Waals surface area contributed by atoms with Gasteiger partial charge in [-0.25, -0.2) is 8.78 Å². The lowest BCUT2D eigenvalue weighted by Crippen LogP contribution is -2.62. The molecule has 1 aromatic carbocycles. The first-order chi connectivity index (χ1) is 18.5. The number of aromatic nitrogens is 1. The zero-order valence-corrected chi connectivity index (χ0v) is 22.7. The summed E-state index contributed by atoms with van der Waals surface area (Å²) >= 11 is 0. The van der Waals surface area contributed by atoms with Gasteiger partial charge in [-0.1, -0.05) is 43.2 Å². The maximum atomic E-state index is 13.4. The molecule has 0 bridgehead atoms. The summed E-state index contributed by atoms with van der Waals surface area (Å²) in [5.41, 5.74) is -1.55. The first kappa shape index (κ1) is 27.5. The van der Waals surface area contributed by atoms with Crippen LogP contribution in [0.3, 0.4) is 0 Å². The highest BCUT2D eigenvalue weighted by Crippen LogP contribution is 2.55. The van der Waals surface area contributed by atoms with Crippen LogP contribution in [0.15, 0.2) is 47.4 Å². The van der Waals surface area contributed by atoms with E-state index in [4.69, 9.17) is 0 Å². The fourth-order valence-electron chi connectivity index (χ4n) is 6.81. The maximum absolute atomic E-state index is 13.4. The number of carbonyl (C=O) groups is 2. The van der Waals surface area contributed by atoms with Crippen LogP contribution in [0.5, 0.6) is 0 Å². The topological polar surface area (TPSA) is 82.8 Å². The molecule has 39 heavy (non-hydrogen) atoms. The van der Waals surface area contributed by atoms with Crippen molar-refractivity contribution in [1.82, 2.24) is 14.4 Å². The van der Waals surface area contributed by atoms with Gasteiger partial charge in [-0.05, 0) is 37.7 Å². The van der Waals surface area contributed by atoms with Gasteiger partial charge in [0.25, 0.3) is 11.5 Å². The zero-order valence-electron chi connectivity index (χ0n) is 22.7. The van der Waals surface area contributed by atoms with Gasteiger partial charge in [0.1, 0.15) is 0 Å². The number of alkyl halides is 2. The van der Waals surface area contributed by atoms with E-state index in [2.05, 4.69) is 0 Å². The summed E-state index contributed by atoms with van der Waals surface area (Å²) in [5.74, 6) is -0.473. The quantitative estimate of drug-likeness (QED) is 0.570. The van der Waals surface area contributed by atoms with Crippen LogP contribution >= 0.6 is 0 Å². The predicted octanol–water partition coefficient (Wildman–Crippen LogP) is 4.18. The molecule has 1 atom stereocenters. The lowest BCUT2D eigenvalue weighted by atomic mass is 9.65. The SMILES string of the molecule is CN(C)C(=O)c1cn(CC2(O)CCN(C(=O)C3(CC(F)F)CC3)CC23CCCC3)c(=O)cc1-c1ccccc1. The molecule has 5 rings (SSSR count). The Morgan fingerprint density at radius 1 is 1.05 bits per heavy atom. The average molecular weight is 542 g/mol. The number of amides is 2. The molecule has 2 aliphatic carbocycles. The third kappa shape index (κ3) is 5.01. The molecule has 3 fully saturated rings. The molecule has 2 saturated carbocycles. The number of nitrogens with zero attached hydrogens (tertiary/aromatic N) is 3. The number of pyridine rings is 1. The molecule has 9 heteroatoms. The van der Waals surface area contributed by atoms with Crippen molar-refractivity contribution in [2.75, 3.05) is 27.2 Å². The Bertz CT molecular complexity index is 1300. The van der Waals surface area contributed by atoms with Gasteiger partial charge in [-0.3, -0.25) is 14.4 Å². The first-order valence-corrected chi connectivity index (χ1v) is 13.8. The molecule has 1 aliphatic heterocycles. The Morgan fingerprint density at radius 2 is 1.72 bits per heavy atom. The number of likely N-dealkylation sites (tertiary alicyclic amines) is 1. The lowest BCUT2D eigenvalue weighted by Gasteiger charge is -2.53. The van der Waals surface area contributed by atoms with Gasteiger partial charge >= 0.3 is 0 Å². The van der Waals surface area contributed by atoms with Crippen molar-refractivity contribution in [3.63, 3.8) is 0 Å². The number of piperidine rings is 1. The van der Waals surface area contributed by atoms with Gasteiger partial charge in [0.2, 0.25) is 12.3 Å². The monoisotopic (exact) mass is 541 g/mol. The van der Waals surface area contributed by atoms with Crippen LogP contribution in [-0.2, 0) is 11.3 Å². The average Bonchev–Trinajstić information content (AvgIpc) is 3.52. The number of hydrogen-bond donors (Lipinski definition) is 1. The molecule has 210 valence electrons. The van der Waals surface area contributed by atoms with Crippen molar-refractivity contribution in [3.05, 3.63) is 58.5 Å². The minimum absolute atomic E-state index is 0.00117. The van der Waals surface area contributed by atoms with E-state index < -0.39 is 29.3 Å². The van der Waals surface area contributed by atoms with Crippen molar-refractivity contribution in [1.29, 1.82) is 0 Å². The molecule has 0 radical (unpaired) electrons. The van der Waals surface area contributed by atoms with Crippen LogP contribution in [0, 0.1) is 10.8 Å². The molecule has 1 N–H and O–H groups in total. The van der Waals surface area contributed by atoms with Gasteiger partial charge in [0.15, 0.2) is 0 Å². The van der Waals surface area contributed by atoms with Gasteiger partial charge < -0.3 is 19.5 Å². The maximum Gasteiger partial charge on any atom is 0.255 e. The van der Waals surface area contributed by atoms with Gasteiger partial charge in [-0.15, -0.1) is 0 Å². The minimum atomic E-state index is -2.52. The van der Waals surface area contributed by atoms with E-state index in [9.17, 15) is 28.3 Å². The molecule has 1 spiro atoms. The fraction of sp³-hybridized carbons (Fsp3) is 0.567. The minimum Gasteiger partial charge on any atom is -0.387 e. The molecule has 1 saturated heterocycles. The standard InChI is InChI=1S/C30H37F2N3O4/c1-33(2)26(37)23-18-35(25(36)16-22(23)21-8-4-3-5-9-21)20-30(39)14-15-34(19-29(30)10-6-7-11-29)27(38)28(12-13-28)17-24(31)32/h3-5,8-9,16,18,24,39H,6-7,10-15,17,19-20H2,1-2H3. The number of carbonyl (C=O) groups excluding carboxylic acids is 2. The molecule has 1 unspecified atom stereocenters. The molecule has 2 amide bonds. The number of rotatable bonds is 7. The second kappa shape index (κ2) is 10.2. The highest BCUT2D eigenvalue weighted by molar-refractivity contribution is 6.00. The summed E-state index contributed by atoms with van der Waals surface area (Å²) in [6, 6.07) is 10.7. The summed E-state index contributed by atoms with van der Waals surface area (Å²) < 4.78 is 27.8.